The molecule has 0 spiro atoms. The summed E-state index contributed by atoms with van der Waals surface area (Å²) in [6.45, 7) is 2.42. The maximum atomic E-state index is 12.3. The van der Waals surface area contributed by atoms with Crippen molar-refractivity contribution in [3.63, 3.8) is 0 Å². The van der Waals surface area contributed by atoms with Crippen molar-refractivity contribution in [2.75, 3.05) is 13.1 Å². The number of amides is 1. The fraction of sp³-hybridized carbons (Fsp3) is 0.615. The van der Waals surface area contributed by atoms with Crippen LogP contribution in [0.5, 0.6) is 0 Å². The van der Waals surface area contributed by atoms with Gasteiger partial charge < -0.3 is 10.0 Å². The maximum Gasteiger partial charge on any atom is 0.311 e. The monoisotopic (exact) mass is 263 g/mol. The summed E-state index contributed by atoms with van der Waals surface area (Å²) in [7, 11) is 0. The Morgan fingerprint density at radius 3 is 2.84 bits per heavy atom. The molecule has 1 aromatic rings. The molecule has 6 heteroatoms. The number of likely N-dealkylation sites (tertiary alicyclic amines) is 1. The van der Waals surface area contributed by atoms with Gasteiger partial charge in [0.1, 0.15) is 5.69 Å². The Morgan fingerprint density at radius 2 is 2.26 bits per heavy atom. The number of aromatic nitrogens is 2. The highest BCUT2D eigenvalue weighted by molar-refractivity contribution is 5.93. The van der Waals surface area contributed by atoms with Gasteiger partial charge in [0.15, 0.2) is 0 Å². The highest BCUT2D eigenvalue weighted by atomic mass is 16.4. The first-order valence-corrected chi connectivity index (χ1v) is 6.57. The topological polar surface area (TPSA) is 86.3 Å². The molecule has 2 N–H and O–H groups in total. The number of nitrogens with zero attached hydrogens (tertiary/aromatic N) is 2. The highest BCUT2D eigenvalue weighted by Gasteiger charge is 2.42. The molecule has 1 amide bonds. The smallest absolute Gasteiger partial charge is 0.311 e. The number of aromatic amines is 1. The number of aliphatic carboxylic acids is 1. The summed E-state index contributed by atoms with van der Waals surface area (Å²) < 4.78 is 0. The van der Waals surface area contributed by atoms with Gasteiger partial charge in [-0.25, -0.2) is 0 Å². The third-order valence-corrected chi connectivity index (χ3v) is 4.11. The standard InChI is InChI=1S/C13H17N3O3/c1-13(12(18)19)4-5-16(7-13)11(17)10-6-9(14-15-10)8-2-3-8/h6,8H,2-5,7H2,1H3,(H,14,15)(H,18,19). The average Bonchev–Trinajstić information content (AvgIpc) is 2.97. The van der Waals surface area contributed by atoms with E-state index in [1.165, 1.54) is 0 Å². The van der Waals surface area contributed by atoms with Crippen molar-refractivity contribution in [1.82, 2.24) is 15.1 Å². The molecule has 1 saturated carbocycles. The molecular formula is C13H17N3O3. The first kappa shape index (κ1) is 12.2. The molecule has 0 aromatic carbocycles. The summed E-state index contributed by atoms with van der Waals surface area (Å²) in [6.07, 6.45) is 2.79. The summed E-state index contributed by atoms with van der Waals surface area (Å²) >= 11 is 0. The van der Waals surface area contributed by atoms with Crippen molar-refractivity contribution in [1.29, 1.82) is 0 Å². The number of carbonyl (C=O) groups is 2. The third kappa shape index (κ3) is 2.11. The molecule has 3 rings (SSSR count). The molecular weight excluding hydrogens is 246 g/mol. The number of hydrogen-bond acceptors (Lipinski definition) is 3. The van der Waals surface area contributed by atoms with Gasteiger partial charge in [-0.15, -0.1) is 0 Å². The van der Waals surface area contributed by atoms with Gasteiger partial charge in [-0.05, 0) is 32.3 Å². The minimum Gasteiger partial charge on any atom is -0.481 e. The SMILES string of the molecule is CC1(C(=O)O)CCN(C(=O)c2cc(C3CC3)[nH]n2)C1. The minimum atomic E-state index is -0.844. The summed E-state index contributed by atoms with van der Waals surface area (Å²) in [6, 6.07) is 1.80. The number of hydrogen-bond donors (Lipinski definition) is 2. The Bertz CT molecular complexity index is 535. The average molecular weight is 263 g/mol. The molecule has 0 radical (unpaired) electrons. The van der Waals surface area contributed by atoms with Crippen LogP contribution in [0.25, 0.3) is 0 Å². The second kappa shape index (κ2) is 4.08. The van der Waals surface area contributed by atoms with Crippen LogP contribution in [0.2, 0.25) is 0 Å². The van der Waals surface area contributed by atoms with Gasteiger partial charge in [0.25, 0.3) is 5.91 Å². The molecule has 2 fully saturated rings. The van der Waals surface area contributed by atoms with Crippen LogP contribution in [-0.2, 0) is 4.79 Å². The van der Waals surface area contributed by atoms with Crippen LogP contribution in [0.3, 0.4) is 0 Å². The van der Waals surface area contributed by atoms with Crippen molar-refractivity contribution in [2.45, 2.75) is 32.1 Å². The van der Waals surface area contributed by atoms with Crippen LogP contribution < -0.4 is 0 Å². The van der Waals surface area contributed by atoms with Crippen molar-refractivity contribution in [3.05, 3.63) is 17.5 Å². The number of carbonyl (C=O) groups excluding carboxylic acids is 1. The van der Waals surface area contributed by atoms with Crippen LogP contribution in [0.1, 0.15) is 48.3 Å². The first-order chi connectivity index (χ1) is 8.99. The highest BCUT2D eigenvalue weighted by Crippen LogP contribution is 2.39. The minimum absolute atomic E-state index is 0.173. The van der Waals surface area contributed by atoms with Crippen LogP contribution in [-0.4, -0.2) is 45.2 Å². The second-order valence-electron chi connectivity index (χ2n) is 5.83. The Morgan fingerprint density at radius 1 is 1.53 bits per heavy atom. The van der Waals surface area contributed by atoms with E-state index in [4.69, 9.17) is 5.11 Å². The number of carboxylic acid groups (broad SMARTS) is 1. The van der Waals surface area contributed by atoms with E-state index in [1.54, 1.807) is 17.9 Å². The second-order valence-corrected chi connectivity index (χ2v) is 5.83. The lowest BCUT2D eigenvalue weighted by molar-refractivity contribution is -0.147. The number of rotatable bonds is 3. The van der Waals surface area contributed by atoms with Crippen LogP contribution in [0.15, 0.2) is 6.07 Å². The Hall–Kier alpha value is -1.85. The van der Waals surface area contributed by atoms with E-state index in [9.17, 15) is 9.59 Å². The van der Waals surface area contributed by atoms with E-state index in [1.807, 2.05) is 0 Å². The molecule has 102 valence electrons. The molecule has 2 heterocycles. The van der Waals surface area contributed by atoms with E-state index in [2.05, 4.69) is 10.2 Å². The van der Waals surface area contributed by atoms with E-state index >= 15 is 0 Å². The van der Waals surface area contributed by atoms with E-state index < -0.39 is 11.4 Å². The number of carboxylic acids is 1. The quantitative estimate of drug-likeness (QED) is 0.858. The van der Waals surface area contributed by atoms with Crippen molar-refractivity contribution >= 4 is 11.9 Å². The Kier molecular flexibility index (Phi) is 2.62. The van der Waals surface area contributed by atoms with E-state index in [-0.39, 0.29) is 12.5 Å². The molecule has 1 atom stereocenters. The molecule has 1 saturated heterocycles. The van der Waals surface area contributed by atoms with Gasteiger partial charge in [0.05, 0.1) is 5.41 Å². The maximum absolute atomic E-state index is 12.3. The van der Waals surface area contributed by atoms with Crippen LogP contribution in [0.4, 0.5) is 0 Å². The lowest BCUT2D eigenvalue weighted by Gasteiger charge is -2.19. The summed E-state index contributed by atoms with van der Waals surface area (Å²) in [5, 5.41) is 16.1. The lowest BCUT2D eigenvalue weighted by Crippen LogP contribution is -2.35. The fourth-order valence-electron chi connectivity index (χ4n) is 2.52. The zero-order valence-electron chi connectivity index (χ0n) is 10.8. The molecule has 1 aliphatic carbocycles. The van der Waals surface area contributed by atoms with Crippen LogP contribution in [0, 0.1) is 5.41 Å². The van der Waals surface area contributed by atoms with Crippen molar-refractivity contribution < 1.29 is 14.7 Å². The summed E-state index contributed by atoms with van der Waals surface area (Å²) in [5.41, 5.74) is 0.589. The van der Waals surface area contributed by atoms with E-state index in [0.29, 0.717) is 24.6 Å². The summed E-state index contributed by atoms with van der Waals surface area (Å²) in [4.78, 5) is 25.0. The largest absolute Gasteiger partial charge is 0.481 e. The molecule has 0 bridgehead atoms. The van der Waals surface area contributed by atoms with Gasteiger partial charge in [-0.3, -0.25) is 14.7 Å². The van der Waals surface area contributed by atoms with Crippen molar-refractivity contribution in [2.24, 2.45) is 5.41 Å². The summed E-state index contributed by atoms with van der Waals surface area (Å²) in [5.74, 6) is -0.492. The predicted molar refractivity (Wildman–Crippen MR) is 66.8 cm³/mol. The third-order valence-electron chi connectivity index (χ3n) is 4.11. The van der Waals surface area contributed by atoms with Gasteiger partial charge in [0, 0.05) is 24.7 Å². The predicted octanol–water partition coefficient (Wildman–Crippen LogP) is 1.22. The number of nitrogens with one attached hydrogen (secondary N) is 1. The van der Waals surface area contributed by atoms with Gasteiger partial charge in [-0.2, -0.15) is 5.10 Å². The normalized spacial score (nSPS) is 26.7. The molecule has 1 aliphatic heterocycles. The fourth-order valence-corrected chi connectivity index (χ4v) is 2.52. The molecule has 19 heavy (non-hydrogen) atoms. The molecule has 1 unspecified atom stereocenters. The molecule has 6 nitrogen and oxygen atoms in total. The Labute approximate surface area is 110 Å². The van der Waals surface area contributed by atoms with Gasteiger partial charge >= 0.3 is 5.97 Å². The first-order valence-electron chi connectivity index (χ1n) is 6.57. The zero-order chi connectivity index (χ0) is 13.6. The Balaban J connectivity index is 1.72. The number of H-pyrrole nitrogens is 1. The van der Waals surface area contributed by atoms with Crippen LogP contribution >= 0.6 is 0 Å². The van der Waals surface area contributed by atoms with Gasteiger partial charge in [0.2, 0.25) is 0 Å². The van der Waals surface area contributed by atoms with Crippen molar-refractivity contribution in [3.8, 4) is 0 Å². The van der Waals surface area contributed by atoms with E-state index in [0.717, 1.165) is 18.5 Å². The molecule has 1 aromatic heterocycles. The molecule has 2 aliphatic rings. The lowest BCUT2D eigenvalue weighted by atomic mass is 9.90. The van der Waals surface area contributed by atoms with Gasteiger partial charge in [-0.1, -0.05) is 0 Å². The zero-order valence-corrected chi connectivity index (χ0v) is 10.8.